The minimum Gasteiger partial charge on any atom is -0.396 e. The van der Waals surface area contributed by atoms with Crippen LogP contribution < -0.4 is 5.73 Å². The van der Waals surface area contributed by atoms with Gasteiger partial charge in [0, 0.05) is 25.2 Å². The van der Waals surface area contributed by atoms with E-state index < -0.39 is 0 Å². The molecule has 2 aliphatic heterocycles. The Morgan fingerprint density at radius 3 is 2.50 bits per heavy atom. The Morgan fingerprint density at radius 1 is 1.00 bits per heavy atom. The van der Waals surface area contributed by atoms with E-state index in [2.05, 4.69) is 9.80 Å². The second kappa shape index (κ2) is 7.43. The summed E-state index contributed by atoms with van der Waals surface area (Å²) in [5.41, 5.74) is 5.96. The van der Waals surface area contributed by atoms with Gasteiger partial charge in [0.2, 0.25) is 0 Å². The first-order chi connectivity index (χ1) is 8.79. The molecule has 2 saturated heterocycles. The number of aliphatic hydroxyl groups excluding tert-OH is 1. The molecule has 0 bridgehead atoms. The molecule has 2 rings (SSSR count). The molecule has 18 heavy (non-hydrogen) atoms. The molecular weight excluding hydrogens is 226 g/mol. The molecule has 1 unspecified atom stereocenters. The lowest BCUT2D eigenvalue weighted by Gasteiger charge is -2.34. The van der Waals surface area contributed by atoms with Crippen LogP contribution in [-0.2, 0) is 0 Å². The molecule has 0 radical (unpaired) electrons. The lowest BCUT2D eigenvalue weighted by Crippen LogP contribution is -2.46. The van der Waals surface area contributed by atoms with E-state index in [0.717, 1.165) is 18.9 Å². The summed E-state index contributed by atoms with van der Waals surface area (Å²) in [6.07, 6.45) is 7.03. The first kappa shape index (κ1) is 14.3. The number of likely N-dealkylation sites (tertiary alicyclic amines) is 2. The quantitative estimate of drug-likeness (QED) is 0.684. The van der Waals surface area contributed by atoms with Crippen molar-refractivity contribution >= 4 is 0 Å². The maximum atomic E-state index is 8.76. The Kier molecular flexibility index (Phi) is 5.89. The van der Waals surface area contributed by atoms with Crippen molar-refractivity contribution in [1.82, 2.24) is 9.80 Å². The third-order valence-electron chi connectivity index (χ3n) is 4.47. The van der Waals surface area contributed by atoms with Gasteiger partial charge >= 0.3 is 0 Å². The summed E-state index contributed by atoms with van der Waals surface area (Å²) in [4.78, 5) is 5.24. The molecule has 106 valence electrons. The molecule has 3 N–H and O–H groups in total. The molecule has 0 aromatic carbocycles. The van der Waals surface area contributed by atoms with Crippen LogP contribution in [0.3, 0.4) is 0 Å². The zero-order valence-corrected chi connectivity index (χ0v) is 11.6. The molecule has 0 saturated carbocycles. The van der Waals surface area contributed by atoms with Gasteiger partial charge < -0.3 is 15.7 Å². The summed E-state index contributed by atoms with van der Waals surface area (Å²) in [7, 11) is 0. The molecule has 4 heteroatoms. The second-order valence-corrected chi connectivity index (χ2v) is 5.90. The average molecular weight is 255 g/mol. The van der Waals surface area contributed by atoms with E-state index in [1.165, 1.54) is 58.4 Å². The van der Waals surface area contributed by atoms with Crippen LogP contribution in [0.5, 0.6) is 0 Å². The molecule has 0 amide bonds. The van der Waals surface area contributed by atoms with Crippen molar-refractivity contribution in [2.75, 3.05) is 39.3 Å². The van der Waals surface area contributed by atoms with Crippen molar-refractivity contribution in [1.29, 1.82) is 0 Å². The van der Waals surface area contributed by atoms with Crippen LogP contribution in [0, 0.1) is 0 Å². The molecule has 2 fully saturated rings. The van der Waals surface area contributed by atoms with Crippen molar-refractivity contribution < 1.29 is 5.11 Å². The highest BCUT2D eigenvalue weighted by molar-refractivity contribution is 4.86. The monoisotopic (exact) mass is 255 g/mol. The van der Waals surface area contributed by atoms with Gasteiger partial charge in [-0.1, -0.05) is 0 Å². The van der Waals surface area contributed by atoms with Gasteiger partial charge in [-0.2, -0.15) is 0 Å². The van der Waals surface area contributed by atoms with Crippen molar-refractivity contribution in [3.63, 3.8) is 0 Å². The van der Waals surface area contributed by atoms with Crippen LogP contribution in [0.4, 0.5) is 0 Å². The predicted molar refractivity (Wildman–Crippen MR) is 74.6 cm³/mol. The second-order valence-electron chi connectivity index (χ2n) is 5.90. The molecule has 4 nitrogen and oxygen atoms in total. The van der Waals surface area contributed by atoms with E-state index in [1.807, 2.05) is 0 Å². The fraction of sp³-hybridized carbons (Fsp3) is 1.00. The number of aliphatic hydroxyl groups is 1. The zero-order valence-electron chi connectivity index (χ0n) is 11.6. The third-order valence-corrected chi connectivity index (χ3v) is 4.47. The van der Waals surface area contributed by atoms with Gasteiger partial charge in [-0.25, -0.2) is 0 Å². The van der Waals surface area contributed by atoms with Crippen LogP contribution in [0.2, 0.25) is 0 Å². The number of nitrogens with two attached hydrogens (primary N) is 1. The molecule has 0 spiro atoms. The standard InChI is InChI=1S/C14H29N3O/c15-13-4-9-17(10-5-13)14-6-8-16(12-14)7-2-1-3-11-18/h13-14,18H,1-12,15H2. The van der Waals surface area contributed by atoms with E-state index in [4.69, 9.17) is 10.8 Å². The lowest BCUT2D eigenvalue weighted by molar-refractivity contribution is 0.152. The van der Waals surface area contributed by atoms with Gasteiger partial charge in [-0.15, -0.1) is 0 Å². The average Bonchev–Trinajstić information content (AvgIpc) is 2.84. The summed E-state index contributed by atoms with van der Waals surface area (Å²) in [6.45, 7) is 6.45. The molecule has 2 aliphatic rings. The molecule has 2 heterocycles. The molecule has 0 aromatic rings. The van der Waals surface area contributed by atoms with E-state index >= 15 is 0 Å². The maximum Gasteiger partial charge on any atom is 0.0431 e. The van der Waals surface area contributed by atoms with Crippen LogP contribution in [0.1, 0.15) is 38.5 Å². The summed E-state index contributed by atoms with van der Waals surface area (Å²) < 4.78 is 0. The minimum absolute atomic E-state index is 0.344. The number of unbranched alkanes of at least 4 members (excludes halogenated alkanes) is 2. The summed E-state index contributed by atoms with van der Waals surface area (Å²) in [5.74, 6) is 0. The molecular formula is C14H29N3O. The number of hydrogen-bond donors (Lipinski definition) is 2. The number of rotatable bonds is 6. The minimum atomic E-state index is 0.344. The van der Waals surface area contributed by atoms with E-state index in [-0.39, 0.29) is 0 Å². The summed E-state index contributed by atoms with van der Waals surface area (Å²) >= 11 is 0. The molecule has 0 aliphatic carbocycles. The number of piperidine rings is 1. The van der Waals surface area contributed by atoms with Crippen LogP contribution in [0.15, 0.2) is 0 Å². The Bertz CT molecular complexity index is 229. The topological polar surface area (TPSA) is 52.7 Å². The van der Waals surface area contributed by atoms with E-state index in [1.54, 1.807) is 0 Å². The van der Waals surface area contributed by atoms with E-state index in [9.17, 15) is 0 Å². The van der Waals surface area contributed by atoms with E-state index in [0.29, 0.717) is 12.6 Å². The largest absolute Gasteiger partial charge is 0.396 e. The van der Waals surface area contributed by atoms with Crippen molar-refractivity contribution in [3.05, 3.63) is 0 Å². The Balaban J connectivity index is 1.62. The highest BCUT2D eigenvalue weighted by Gasteiger charge is 2.29. The normalized spacial score (nSPS) is 28.0. The number of nitrogens with zero attached hydrogens (tertiary/aromatic N) is 2. The first-order valence-electron chi connectivity index (χ1n) is 7.62. The van der Waals surface area contributed by atoms with Crippen LogP contribution in [0.25, 0.3) is 0 Å². The van der Waals surface area contributed by atoms with Crippen molar-refractivity contribution in [2.45, 2.75) is 50.6 Å². The van der Waals surface area contributed by atoms with Gasteiger partial charge in [-0.05, 0) is 64.7 Å². The third kappa shape index (κ3) is 4.19. The summed E-state index contributed by atoms with van der Waals surface area (Å²) in [5, 5.41) is 8.76. The Labute approximate surface area is 111 Å². The SMILES string of the molecule is NC1CCN(C2CCN(CCCCCO)C2)CC1. The van der Waals surface area contributed by atoms with Gasteiger partial charge in [0.25, 0.3) is 0 Å². The Morgan fingerprint density at radius 2 is 1.78 bits per heavy atom. The summed E-state index contributed by atoms with van der Waals surface area (Å²) in [6, 6.07) is 1.22. The highest BCUT2D eigenvalue weighted by atomic mass is 16.2. The lowest BCUT2D eigenvalue weighted by atomic mass is 10.0. The van der Waals surface area contributed by atoms with Gasteiger partial charge in [0.05, 0.1) is 0 Å². The fourth-order valence-corrected chi connectivity index (χ4v) is 3.22. The maximum absolute atomic E-state index is 8.76. The first-order valence-corrected chi connectivity index (χ1v) is 7.62. The van der Waals surface area contributed by atoms with Crippen molar-refractivity contribution in [2.24, 2.45) is 5.73 Å². The van der Waals surface area contributed by atoms with Gasteiger partial charge in [-0.3, -0.25) is 4.90 Å². The fourth-order valence-electron chi connectivity index (χ4n) is 3.22. The number of hydrogen-bond acceptors (Lipinski definition) is 4. The van der Waals surface area contributed by atoms with Gasteiger partial charge in [0.1, 0.15) is 0 Å². The van der Waals surface area contributed by atoms with Gasteiger partial charge in [0.15, 0.2) is 0 Å². The van der Waals surface area contributed by atoms with Crippen molar-refractivity contribution in [3.8, 4) is 0 Å². The molecule has 0 aromatic heterocycles. The Hall–Kier alpha value is -0.160. The smallest absolute Gasteiger partial charge is 0.0431 e. The van der Waals surface area contributed by atoms with Crippen LogP contribution in [-0.4, -0.2) is 66.3 Å². The zero-order chi connectivity index (χ0) is 12.8. The molecule has 1 atom stereocenters. The predicted octanol–water partition coefficient (Wildman–Crippen LogP) is 0.646. The highest BCUT2D eigenvalue weighted by Crippen LogP contribution is 2.20. The van der Waals surface area contributed by atoms with Crippen LogP contribution >= 0.6 is 0 Å².